The third kappa shape index (κ3) is 4.54. The molecule has 0 N–H and O–H groups in total. The minimum Gasteiger partial charge on any atom is -0.461 e. The van der Waals surface area contributed by atoms with Crippen LogP contribution in [0.2, 0.25) is 0 Å². The van der Waals surface area contributed by atoms with Crippen LogP contribution in [0.1, 0.15) is 51.7 Å². The summed E-state index contributed by atoms with van der Waals surface area (Å²) in [4.78, 5) is 13.2. The van der Waals surface area contributed by atoms with E-state index in [1.165, 1.54) is 3.97 Å². The van der Waals surface area contributed by atoms with Crippen LogP contribution in [0.25, 0.3) is 10.9 Å². The molecule has 31 heavy (non-hydrogen) atoms. The fourth-order valence-electron chi connectivity index (χ4n) is 3.95. The van der Waals surface area contributed by atoms with Crippen molar-refractivity contribution in [1.82, 2.24) is 3.97 Å². The maximum Gasteiger partial charge on any atom is 0.313 e. The molecule has 3 aromatic rings. The van der Waals surface area contributed by atoms with E-state index in [-0.39, 0.29) is 28.8 Å². The number of hydrogen-bond acceptors (Lipinski definition) is 4. The van der Waals surface area contributed by atoms with Gasteiger partial charge >= 0.3 is 5.97 Å². The third-order valence-corrected chi connectivity index (χ3v) is 7.36. The minimum absolute atomic E-state index is 0.194. The average Bonchev–Trinajstić information content (AvgIpc) is 3.11. The molecule has 6 heteroatoms. The number of carbonyl (C=O) groups is 1. The average molecular weight is 442 g/mol. The number of benzene rings is 2. The lowest BCUT2D eigenvalue weighted by molar-refractivity contribution is -0.155. The van der Waals surface area contributed by atoms with Gasteiger partial charge in [-0.1, -0.05) is 63.6 Å². The van der Waals surface area contributed by atoms with Gasteiger partial charge in [-0.3, -0.25) is 4.79 Å². The molecule has 0 radical (unpaired) electrons. The summed E-state index contributed by atoms with van der Waals surface area (Å²) in [6.07, 6.45) is 1.37. The number of aromatic nitrogens is 1. The molecule has 1 heterocycles. The van der Waals surface area contributed by atoms with E-state index < -0.39 is 15.9 Å². The predicted molar refractivity (Wildman–Crippen MR) is 124 cm³/mol. The normalized spacial score (nSPS) is 13.3. The molecular formula is C25H31NO4S. The monoisotopic (exact) mass is 441 g/mol. The molecule has 1 atom stereocenters. The van der Waals surface area contributed by atoms with E-state index in [0.29, 0.717) is 11.1 Å². The molecule has 3 rings (SSSR count). The highest BCUT2D eigenvalue weighted by Crippen LogP contribution is 2.32. The van der Waals surface area contributed by atoms with Crippen LogP contribution in [-0.4, -0.2) is 24.5 Å². The summed E-state index contributed by atoms with van der Waals surface area (Å²) in [6.45, 7) is 11.8. The van der Waals surface area contributed by atoms with Crippen LogP contribution in [0.4, 0.5) is 0 Å². The summed E-state index contributed by atoms with van der Waals surface area (Å²) in [6, 6.07) is 14.0. The van der Waals surface area contributed by atoms with Crippen molar-refractivity contribution in [1.29, 1.82) is 0 Å². The largest absolute Gasteiger partial charge is 0.461 e. The Balaban J connectivity index is 2.05. The minimum atomic E-state index is -3.81. The molecule has 0 fully saturated rings. The highest BCUT2D eigenvalue weighted by atomic mass is 32.2. The van der Waals surface area contributed by atoms with E-state index in [1.807, 2.05) is 46.8 Å². The van der Waals surface area contributed by atoms with Crippen LogP contribution in [-0.2, 0) is 19.6 Å². The first-order chi connectivity index (χ1) is 14.5. The van der Waals surface area contributed by atoms with Gasteiger partial charge < -0.3 is 4.74 Å². The van der Waals surface area contributed by atoms with Crippen molar-refractivity contribution in [2.45, 2.75) is 58.5 Å². The highest BCUT2D eigenvalue weighted by Gasteiger charge is 2.29. The van der Waals surface area contributed by atoms with Crippen LogP contribution in [0, 0.1) is 18.8 Å². The van der Waals surface area contributed by atoms with Gasteiger partial charge in [0.05, 0.1) is 16.3 Å². The standard InChI is InChI=1S/C25H31NO4S/c1-16(2)24(17(3)4)30-25(27)19(6)22-15-26(23-10-8-7-9-21(22)23)31(28,29)20-13-11-18(5)12-14-20/h7-17,19,24H,1-6H3/t19-/m1/s1. The van der Waals surface area contributed by atoms with Crippen LogP contribution < -0.4 is 0 Å². The molecule has 166 valence electrons. The van der Waals surface area contributed by atoms with Gasteiger partial charge in [0.15, 0.2) is 0 Å². The van der Waals surface area contributed by atoms with E-state index in [0.717, 1.165) is 10.9 Å². The Morgan fingerprint density at radius 2 is 1.48 bits per heavy atom. The summed E-state index contributed by atoms with van der Waals surface area (Å²) in [7, 11) is -3.81. The first-order valence-corrected chi connectivity index (χ1v) is 12.1. The molecule has 0 saturated heterocycles. The lowest BCUT2D eigenvalue weighted by atomic mass is 9.95. The van der Waals surface area contributed by atoms with E-state index in [9.17, 15) is 13.2 Å². The van der Waals surface area contributed by atoms with Crippen LogP contribution in [0.15, 0.2) is 59.6 Å². The van der Waals surface area contributed by atoms with Crippen LogP contribution >= 0.6 is 0 Å². The van der Waals surface area contributed by atoms with Crippen molar-refractivity contribution in [3.8, 4) is 0 Å². The van der Waals surface area contributed by atoms with Gasteiger partial charge in [-0.2, -0.15) is 0 Å². The molecule has 0 aliphatic heterocycles. The number of hydrogen-bond donors (Lipinski definition) is 0. The highest BCUT2D eigenvalue weighted by molar-refractivity contribution is 7.90. The predicted octanol–water partition coefficient (Wildman–Crippen LogP) is 5.51. The molecule has 0 aliphatic rings. The van der Waals surface area contributed by atoms with E-state index >= 15 is 0 Å². The number of aryl methyl sites for hydroxylation is 1. The van der Waals surface area contributed by atoms with Crippen molar-refractivity contribution < 1.29 is 17.9 Å². The summed E-state index contributed by atoms with van der Waals surface area (Å²) in [5.74, 6) is -0.554. The van der Waals surface area contributed by atoms with Gasteiger partial charge in [-0.25, -0.2) is 12.4 Å². The lowest BCUT2D eigenvalue weighted by Crippen LogP contribution is -2.30. The van der Waals surface area contributed by atoms with Gasteiger partial charge in [0.1, 0.15) is 6.10 Å². The van der Waals surface area contributed by atoms with Crippen molar-refractivity contribution in [3.05, 3.63) is 65.9 Å². The molecule has 0 saturated carbocycles. The van der Waals surface area contributed by atoms with Crippen LogP contribution in [0.3, 0.4) is 0 Å². The number of ether oxygens (including phenoxy) is 1. The summed E-state index contributed by atoms with van der Waals surface area (Å²) in [5.41, 5.74) is 2.17. The first-order valence-electron chi connectivity index (χ1n) is 10.7. The maximum atomic E-state index is 13.4. The number of fused-ring (bicyclic) bond motifs is 1. The van der Waals surface area contributed by atoms with E-state index in [1.54, 1.807) is 49.5 Å². The topological polar surface area (TPSA) is 65.4 Å². The third-order valence-electron chi connectivity index (χ3n) is 5.67. The molecule has 0 unspecified atom stereocenters. The Morgan fingerprint density at radius 3 is 2.06 bits per heavy atom. The summed E-state index contributed by atoms with van der Waals surface area (Å²) >= 11 is 0. The van der Waals surface area contributed by atoms with E-state index in [2.05, 4.69) is 0 Å². The SMILES string of the molecule is Cc1ccc(S(=O)(=O)n2cc([C@@H](C)C(=O)OC(C(C)C)C(C)C)c3ccccc32)cc1. The second kappa shape index (κ2) is 8.87. The molecule has 5 nitrogen and oxygen atoms in total. The number of esters is 1. The van der Waals surface area contributed by atoms with Gasteiger partial charge in [0.2, 0.25) is 0 Å². The molecule has 0 bridgehead atoms. The molecule has 2 aromatic carbocycles. The Bertz CT molecular complexity index is 1170. The molecule has 1 aromatic heterocycles. The molecular weight excluding hydrogens is 410 g/mol. The van der Waals surface area contributed by atoms with Gasteiger partial charge in [-0.15, -0.1) is 0 Å². The number of carbonyl (C=O) groups excluding carboxylic acids is 1. The molecule has 0 aliphatic carbocycles. The van der Waals surface area contributed by atoms with Crippen molar-refractivity contribution >= 4 is 26.9 Å². The second-order valence-electron chi connectivity index (χ2n) is 8.83. The van der Waals surface area contributed by atoms with Crippen molar-refractivity contribution in [2.75, 3.05) is 0 Å². The zero-order valence-electron chi connectivity index (χ0n) is 19.0. The maximum absolute atomic E-state index is 13.4. The van der Waals surface area contributed by atoms with Crippen LogP contribution in [0.5, 0.6) is 0 Å². The fourth-order valence-corrected chi connectivity index (χ4v) is 5.33. The second-order valence-corrected chi connectivity index (χ2v) is 10.6. The molecule has 0 amide bonds. The summed E-state index contributed by atoms with van der Waals surface area (Å²) < 4.78 is 33.8. The zero-order valence-corrected chi connectivity index (χ0v) is 19.8. The Morgan fingerprint density at radius 1 is 0.903 bits per heavy atom. The number of nitrogens with zero attached hydrogens (tertiary/aromatic N) is 1. The quantitative estimate of drug-likeness (QED) is 0.453. The summed E-state index contributed by atoms with van der Waals surface area (Å²) in [5, 5.41) is 0.730. The Kier molecular flexibility index (Phi) is 6.60. The van der Waals surface area contributed by atoms with Crippen molar-refractivity contribution in [2.24, 2.45) is 11.8 Å². The smallest absolute Gasteiger partial charge is 0.313 e. The number of para-hydroxylation sites is 1. The Labute approximate surface area is 185 Å². The van der Waals surface area contributed by atoms with Gasteiger partial charge in [0.25, 0.3) is 10.0 Å². The lowest BCUT2D eigenvalue weighted by Gasteiger charge is -2.26. The van der Waals surface area contributed by atoms with E-state index in [4.69, 9.17) is 4.74 Å². The zero-order chi connectivity index (χ0) is 22.9. The first kappa shape index (κ1) is 23.1. The van der Waals surface area contributed by atoms with Crippen molar-refractivity contribution in [3.63, 3.8) is 0 Å². The molecule has 0 spiro atoms. The number of rotatable bonds is 7. The Hall–Kier alpha value is -2.60. The van der Waals surface area contributed by atoms with Gasteiger partial charge in [-0.05, 0) is 49.4 Å². The van der Waals surface area contributed by atoms with Gasteiger partial charge in [0, 0.05) is 11.6 Å². The fraction of sp³-hybridized carbons (Fsp3) is 0.400.